The zero-order chi connectivity index (χ0) is 16.1. The molecule has 1 aromatic heterocycles. The summed E-state index contributed by atoms with van der Waals surface area (Å²) in [6, 6.07) is 10.4. The van der Waals surface area contributed by atoms with E-state index >= 15 is 0 Å². The molecule has 4 heteroatoms. The van der Waals surface area contributed by atoms with Gasteiger partial charge >= 0.3 is 0 Å². The molecule has 122 valence electrons. The standard InChI is InChI=1S/C19H26N4/c1-15(2)19-22-21-18-11-10-17(14-23(18)19)13-20-12-6-9-16-7-4-3-5-8-16/h3-9,15,17,20H,10-14H2,1-2H3/b9-6+/t17-/m0/s1. The van der Waals surface area contributed by atoms with E-state index in [2.05, 4.69) is 70.3 Å². The molecule has 0 saturated heterocycles. The Bertz CT molecular complexity index is 643. The molecule has 1 aromatic carbocycles. The normalized spacial score (nSPS) is 17.8. The summed E-state index contributed by atoms with van der Waals surface area (Å²) in [5.74, 6) is 3.40. The first-order chi connectivity index (χ1) is 11.2. The summed E-state index contributed by atoms with van der Waals surface area (Å²) >= 11 is 0. The number of aromatic nitrogens is 3. The van der Waals surface area contributed by atoms with Crippen LogP contribution in [0, 0.1) is 5.92 Å². The lowest BCUT2D eigenvalue weighted by atomic mass is 9.98. The molecular weight excluding hydrogens is 284 g/mol. The molecule has 0 bridgehead atoms. The van der Waals surface area contributed by atoms with E-state index in [1.54, 1.807) is 0 Å². The van der Waals surface area contributed by atoms with Gasteiger partial charge in [0.2, 0.25) is 0 Å². The van der Waals surface area contributed by atoms with Gasteiger partial charge in [0, 0.05) is 25.4 Å². The van der Waals surface area contributed by atoms with Crippen LogP contribution in [0.15, 0.2) is 36.4 Å². The second kappa shape index (κ2) is 7.55. The molecule has 0 amide bonds. The van der Waals surface area contributed by atoms with Crippen molar-refractivity contribution >= 4 is 6.08 Å². The van der Waals surface area contributed by atoms with Gasteiger partial charge < -0.3 is 9.88 Å². The topological polar surface area (TPSA) is 42.7 Å². The minimum absolute atomic E-state index is 0.441. The number of fused-ring (bicyclic) bond motifs is 1. The van der Waals surface area contributed by atoms with Crippen LogP contribution in [0.5, 0.6) is 0 Å². The summed E-state index contributed by atoms with van der Waals surface area (Å²) in [4.78, 5) is 0. The molecule has 0 spiro atoms. The molecular formula is C19H26N4. The second-order valence-electron chi connectivity index (χ2n) is 6.62. The van der Waals surface area contributed by atoms with Crippen molar-refractivity contribution < 1.29 is 0 Å². The number of aryl methyl sites for hydroxylation is 1. The van der Waals surface area contributed by atoms with Gasteiger partial charge in [-0.25, -0.2) is 0 Å². The fourth-order valence-corrected chi connectivity index (χ4v) is 3.14. The van der Waals surface area contributed by atoms with Crippen LogP contribution in [0.1, 0.15) is 43.4 Å². The molecule has 0 aliphatic carbocycles. The molecule has 1 aliphatic heterocycles. The van der Waals surface area contributed by atoms with Crippen molar-refractivity contribution in [1.82, 2.24) is 20.1 Å². The maximum atomic E-state index is 4.36. The van der Waals surface area contributed by atoms with Gasteiger partial charge in [-0.1, -0.05) is 56.3 Å². The van der Waals surface area contributed by atoms with Gasteiger partial charge in [-0.05, 0) is 24.4 Å². The van der Waals surface area contributed by atoms with Gasteiger partial charge in [0.25, 0.3) is 0 Å². The molecule has 3 rings (SSSR count). The zero-order valence-corrected chi connectivity index (χ0v) is 14.1. The monoisotopic (exact) mass is 310 g/mol. The number of benzene rings is 1. The molecule has 0 unspecified atom stereocenters. The Morgan fingerprint density at radius 1 is 1.26 bits per heavy atom. The third kappa shape index (κ3) is 4.08. The van der Waals surface area contributed by atoms with Crippen LogP contribution in [-0.4, -0.2) is 27.9 Å². The Morgan fingerprint density at radius 2 is 2.09 bits per heavy atom. The molecule has 0 fully saturated rings. The van der Waals surface area contributed by atoms with E-state index in [0.717, 1.165) is 37.7 Å². The van der Waals surface area contributed by atoms with E-state index in [4.69, 9.17) is 0 Å². The van der Waals surface area contributed by atoms with Crippen LogP contribution < -0.4 is 5.32 Å². The van der Waals surface area contributed by atoms with Crippen molar-refractivity contribution in [3.63, 3.8) is 0 Å². The van der Waals surface area contributed by atoms with Gasteiger partial charge in [0.1, 0.15) is 11.6 Å². The van der Waals surface area contributed by atoms with Crippen molar-refractivity contribution in [2.45, 2.75) is 39.2 Å². The number of nitrogens with one attached hydrogen (secondary N) is 1. The van der Waals surface area contributed by atoms with Crippen LogP contribution in [0.4, 0.5) is 0 Å². The highest BCUT2D eigenvalue weighted by Gasteiger charge is 2.23. The summed E-state index contributed by atoms with van der Waals surface area (Å²) in [6.07, 6.45) is 6.61. The smallest absolute Gasteiger partial charge is 0.135 e. The van der Waals surface area contributed by atoms with E-state index < -0.39 is 0 Å². The SMILES string of the molecule is CC(C)c1nnc2n1C[C@H](CNC/C=C/c1ccccc1)CC2. The lowest BCUT2D eigenvalue weighted by Crippen LogP contribution is -2.31. The predicted octanol–water partition coefficient (Wildman–Crippen LogP) is 3.27. The first-order valence-electron chi connectivity index (χ1n) is 8.58. The van der Waals surface area contributed by atoms with Crippen LogP contribution in [0.2, 0.25) is 0 Å². The fourth-order valence-electron chi connectivity index (χ4n) is 3.14. The maximum absolute atomic E-state index is 4.36. The second-order valence-corrected chi connectivity index (χ2v) is 6.62. The minimum atomic E-state index is 0.441. The molecule has 2 aromatic rings. The van der Waals surface area contributed by atoms with E-state index in [1.165, 1.54) is 12.0 Å². The van der Waals surface area contributed by atoms with Gasteiger partial charge in [0.15, 0.2) is 0 Å². The van der Waals surface area contributed by atoms with Gasteiger partial charge in [0.05, 0.1) is 0 Å². The summed E-state index contributed by atoms with van der Waals surface area (Å²) in [5.41, 5.74) is 1.25. The Labute approximate surface area is 138 Å². The quantitative estimate of drug-likeness (QED) is 0.833. The third-order valence-electron chi connectivity index (χ3n) is 4.39. The van der Waals surface area contributed by atoms with E-state index in [-0.39, 0.29) is 0 Å². The molecule has 1 aliphatic rings. The van der Waals surface area contributed by atoms with E-state index in [9.17, 15) is 0 Å². The van der Waals surface area contributed by atoms with Gasteiger partial charge in [-0.2, -0.15) is 0 Å². The van der Waals surface area contributed by atoms with Crippen molar-refractivity contribution in [3.05, 3.63) is 53.6 Å². The van der Waals surface area contributed by atoms with Crippen LogP contribution in [0.25, 0.3) is 6.08 Å². The van der Waals surface area contributed by atoms with E-state index in [1.807, 2.05) is 6.07 Å². The summed E-state index contributed by atoms with van der Waals surface area (Å²) in [5, 5.41) is 12.2. The Balaban J connectivity index is 1.47. The first kappa shape index (κ1) is 15.9. The summed E-state index contributed by atoms with van der Waals surface area (Å²) in [7, 11) is 0. The maximum Gasteiger partial charge on any atom is 0.135 e. The number of hydrogen-bond donors (Lipinski definition) is 1. The number of nitrogens with zero attached hydrogens (tertiary/aromatic N) is 3. The Morgan fingerprint density at radius 3 is 2.87 bits per heavy atom. The van der Waals surface area contributed by atoms with Crippen molar-refractivity contribution in [3.8, 4) is 0 Å². The molecule has 23 heavy (non-hydrogen) atoms. The summed E-state index contributed by atoms with van der Waals surface area (Å²) in [6.45, 7) is 7.39. The zero-order valence-electron chi connectivity index (χ0n) is 14.1. The molecule has 0 radical (unpaired) electrons. The highest BCUT2D eigenvalue weighted by molar-refractivity contribution is 5.48. The lowest BCUT2D eigenvalue weighted by Gasteiger charge is -2.25. The molecule has 1 N–H and O–H groups in total. The average Bonchev–Trinajstić information content (AvgIpc) is 2.99. The molecule has 4 nitrogen and oxygen atoms in total. The third-order valence-corrected chi connectivity index (χ3v) is 4.39. The molecule has 0 saturated carbocycles. The Hall–Kier alpha value is -1.94. The van der Waals surface area contributed by atoms with Crippen LogP contribution in [-0.2, 0) is 13.0 Å². The summed E-state index contributed by atoms with van der Waals surface area (Å²) < 4.78 is 2.33. The number of rotatable bonds is 6. The van der Waals surface area contributed by atoms with E-state index in [0.29, 0.717) is 11.8 Å². The fraction of sp³-hybridized carbons (Fsp3) is 0.474. The lowest BCUT2D eigenvalue weighted by molar-refractivity contribution is 0.345. The average molecular weight is 310 g/mol. The molecule has 2 heterocycles. The van der Waals surface area contributed by atoms with Crippen molar-refractivity contribution in [1.29, 1.82) is 0 Å². The van der Waals surface area contributed by atoms with Gasteiger partial charge in [-0.15, -0.1) is 10.2 Å². The predicted molar refractivity (Wildman–Crippen MR) is 94.3 cm³/mol. The van der Waals surface area contributed by atoms with Crippen LogP contribution >= 0.6 is 0 Å². The highest BCUT2D eigenvalue weighted by Crippen LogP contribution is 2.23. The van der Waals surface area contributed by atoms with Crippen LogP contribution in [0.3, 0.4) is 0 Å². The molecule has 1 atom stereocenters. The van der Waals surface area contributed by atoms with Gasteiger partial charge in [-0.3, -0.25) is 0 Å². The minimum Gasteiger partial charge on any atom is -0.314 e. The number of hydrogen-bond acceptors (Lipinski definition) is 3. The van der Waals surface area contributed by atoms with Crippen molar-refractivity contribution in [2.24, 2.45) is 5.92 Å². The van der Waals surface area contributed by atoms with Crippen molar-refractivity contribution in [2.75, 3.05) is 13.1 Å². The first-order valence-corrected chi connectivity index (χ1v) is 8.58. The Kier molecular flexibility index (Phi) is 5.23. The largest absolute Gasteiger partial charge is 0.314 e. The highest BCUT2D eigenvalue weighted by atomic mass is 15.3.